The first-order chi connectivity index (χ1) is 12.0. The van der Waals surface area contributed by atoms with E-state index in [2.05, 4.69) is 5.16 Å². The first-order valence-corrected chi connectivity index (χ1v) is 7.99. The summed E-state index contributed by atoms with van der Waals surface area (Å²) in [6.07, 6.45) is -1.01. The fourth-order valence-electron chi connectivity index (χ4n) is 3.11. The highest BCUT2D eigenvalue weighted by molar-refractivity contribution is 6.34. The summed E-state index contributed by atoms with van der Waals surface area (Å²) in [6, 6.07) is 10.6. The van der Waals surface area contributed by atoms with Gasteiger partial charge in [-0.25, -0.2) is 9.29 Å². The summed E-state index contributed by atoms with van der Waals surface area (Å²) in [4.78, 5) is 32.0. The van der Waals surface area contributed by atoms with Crippen LogP contribution in [0.4, 0.5) is 10.1 Å². The van der Waals surface area contributed by atoms with Gasteiger partial charge in [-0.15, -0.1) is 0 Å². The molecule has 0 aliphatic carbocycles. The maximum absolute atomic E-state index is 13.1. The molecule has 4 rings (SSSR count). The lowest BCUT2D eigenvalue weighted by molar-refractivity contribution is -0.126. The fourth-order valence-corrected chi connectivity index (χ4v) is 3.28. The van der Waals surface area contributed by atoms with E-state index in [1.807, 2.05) is 0 Å². The molecule has 2 atom stereocenters. The van der Waals surface area contributed by atoms with Crippen LogP contribution in [0.3, 0.4) is 0 Å². The number of anilines is 1. The number of fused-ring (bicyclic) bond motifs is 1. The van der Waals surface area contributed by atoms with Crippen molar-refractivity contribution in [3.05, 3.63) is 64.4 Å². The Morgan fingerprint density at radius 2 is 1.84 bits per heavy atom. The second-order valence-electron chi connectivity index (χ2n) is 5.88. The molecule has 1 saturated heterocycles. The minimum absolute atomic E-state index is 0.325. The molecule has 0 N–H and O–H groups in total. The molecule has 0 saturated carbocycles. The van der Waals surface area contributed by atoms with Crippen molar-refractivity contribution < 1.29 is 18.8 Å². The molecule has 2 aliphatic heterocycles. The maximum atomic E-state index is 13.1. The monoisotopic (exact) mass is 358 g/mol. The fraction of sp³-hybridized carbons (Fsp3) is 0.167. The molecule has 7 heteroatoms. The van der Waals surface area contributed by atoms with Gasteiger partial charge >= 0.3 is 0 Å². The number of carbonyl (C=O) groups is 2. The molecule has 2 amide bonds. The predicted octanol–water partition coefficient (Wildman–Crippen LogP) is 3.08. The Hall–Kier alpha value is -2.73. The summed E-state index contributed by atoms with van der Waals surface area (Å²) < 4.78 is 13.1. The van der Waals surface area contributed by atoms with E-state index in [0.29, 0.717) is 27.5 Å². The van der Waals surface area contributed by atoms with Crippen molar-refractivity contribution >= 4 is 34.8 Å². The van der Waals surface area contributed by atoms with Crippen molar-refractivity contribution in [1.29, 1.82) is 0 Å². The average Bonchev–Trinajstić information content (AvgIpc) is 3.13. The van der Waals surface area contributed by atoms with Crippen molar-refractivity contribution in [1.82, 2.24) is 0 Å². The van der Waals surface area contributed by atoms with Crippen LogP contribution in [-0.2, 0) is 14.4 Å². The van der Waals surface area contributed by atoms with Crippen LogP contribution < -0.4 is 4.90 Å². The lowest BCUT2D eigenvalue weighted by Crippen LogP contribution is -2.33. The first-order valence-electron chi connectivity index (χ1n) is 7.61. The zero-order valence-corrected chi connectivity index (χ0v) is 13.8. The smallest absolute Gasteiger partial charge is 0.278 e. The summed E-state index contributed by atoms with van der Waals surface area (Å²) in [5, 5.41) is 4.35. The molecule has 0 aromatic heterocycles. The van der Waals surface area contributed by atoms with Crippen molar-refractivity contribution in [2.75, 3.05) is 4.90 Å². The highest BCUT2D eigenvalue weighted by Crippen LogP contribution is 2.37. The van der Waals surface area contributed by atoms with Crippen LogP contribution in [0.5, 0.6) is 0 Å². The standard InChI is InChI=1S/C18H12ClFN2O3/c1-9-12(19)3-2-4-13(9)22-17(23)14-15(21-25-16(14)18(22)24)10-5-7-11(20)8-6-10/h2-8,14,16H,1H3/t14-,16+/m1/s1. The molecule has 0 bridgehead atoms. The van der Waals surface area contributed by atoms with E-state index in [4.69, 9.17) is 16.4 Å². The van der Waals surface area contributed by atoms with E-state index in [9.17, 15) is 14.0 Å². The number of rotatable bonds is 2. The molecule has 1 fully saturated rings. The molecule has 0 radical (unpaired) electrons. The van der Waals surface area contributed by atoms with Crippen LogP contribution in [0.15, 0.2) is 47.6 Å². The Morgan fingerprint density at radius 1 is 1.12 bits per heavy atom. The summed E-state index contributed by atoms with van der Waals surface area (Å²) in [5.74, 6) is -2.16. The zero-order valence-electron chi connectivity index (χ0n) is 13.1. The summed E-state index contributed by atoms with van der Waals surface area (Å²) in [6.45, 7) is 1.74. The molecule has 2 aromatic carbocycles. The lowest BCUT2D eigenvalue weighted by Gasteiger charge is -2.18. The highest BCUT2D eigenvalue weighted by Gasteiger charge is 2.56. The Labute approximate surface area is 147 Å². The van der Waals surface area contributed by atoms with Gasteiger partial charge in [-0.3, -0.25) is 9.59 Å². The number of oxime groups is 1. The van der Waals surface area contributed by atoms with Gasteiger partial charge in [-0.1, -0.05) is 35.0 Å². The van der Waals surface area contributed by atoms with E-state index in [1.54, 1.807) is 25.1 Å². The minimum Gasteiger partial charge on any atom is -0.381 e. The predicted molar refractivity (Wildman–Crippen MR) is 90.0 cm³/mol. The van der Waals surface area contributed by atoms with Gasteiger partial charge in [0.1, 0.15) is 17.4 Å². The summed E-state index contributed by atoms with van der Waals surface area (Å²) >= 11 is 6.11. The molecule has 2 heterocycles. The number of carbonyl (C=O) groups excluding carboxylic acids is 2. The second kappa shape index (κ2) is 5.67. The molecule has 25 heavy (non-hydrogen) atoms. The number of benzene rings is 2. The third kappa shape index (κ3) is 2.33. The van der Waals surface area contributed by atoms with Gasteiger partial charge in [0.15, 0.2) is 0 Å². The van der Waals surface area contributed by atoms with Gasteiger partial charge in [-0.2, -0.15) is 0 Å². The molecule has 126 valence electrons. The summed E-state index contributed by atoms with van der Waals surface area (Å²) in [7, 11) is 0. The lowest BCUT2D eigenvalue weighted by atomic mass is 9.94. The number of hydrogen-bond donors (Lipinski definition) is 0. The number of amides is 2. The van der Waals surface area contributed by atoms with E-state index in [-0.39, 0.29) is 0 Å². The quantitative estimate of drug-likeness (QED) is 0.775. The van der Waals surface area contributed by atoms with E-state index in [0.717, 1.165) is 4.90 Å². The average molecular weight is 359 g/mol. The van der Waals surface area contributed by atoms with Crippen LogP contribution in [-0.4, -0.2) is 23.6 Å². The Kier molecular flexibility index (Phi) is 3.58. The van der Waals surface area contributed by atoms with Gasteiger partial charge in [0.2, 0.25) is 12.0 Å². The van der Waals surface area contributed by atoms with Crippen molar-refractivity contribution in [2.45, 2.75) is 13.0 Å². The van der Waals surface area contributed by atoms with E-state index >= 15 is 0 Å². The van der Waals surface area contributed by atoms with Crippen molar-refractivity contribution in [3.63, 3.8) is 0 Å². The van der Waals surface area contributed by atoms with Gasteiger partial charge < -0.3 is 4.84 Å². The number of halogens is 2. The largest absolute Gasteiger partial charge is 0.381 e. The van der Waals surface area contributed by atoms with E-state index < -0.39 is 29.7 Å². The molecule has 5 nitrogen and oxygen atoms in total. The Balaban J connectivity index is 1.73. The van der Waals surface area contributed by atoms with Crippen LogP contribution in [0.25, 0.3) is 0 Å². The van der Waals surface area contributed by atoms with Gasteiger partial charge in [0, 0.05) is 10.6 Å². The second-order valence-corrected chi connectivity index (χ2v) is 6.29. The molecule has 2 aromatic rings. The first kappa shape index (κ1) is 15.8. The third-order valence-corrected chi connectivity index (χ3v) is 4.84. The van der Waals surface area contributed by atoms with Gasteiger partial charge in [0.05, 0.1) is 5.69 Å². The van der Waals surface area contributed by atoms with Crippen LogP contribution in [0, 0.1) is 18.7 Å². The molecular weight excluding hydrogens is 347 g/mol. The SMILES string of the molecule is Cc1c(Cl)cccc1N1C(=O)[C@@H]2C(c3ccc(F)cc3)=NO[C@@H]2C1=O. The van der Waals surface area contributed by atoms with E-state index in [1.165, 1.54) is 24.3 Å². The number of hydrogen-bond acceptors (Lipinski definition) is 4. The van der Waals surface area contributed by atoms with Crippen LogP contribution >= 0.6 is 11.6 Å². The van der Waals surface area contributed by atoms with Crippen molar-refractivity contribution in [2.24, 2.45) is 11.1 Å². The zero-order chi connectivity index (χ0) is 17.7. The summed E-state index contributed by atoms with van der Waals surface area (Å²) in [5.41, 5.74) is 1.93. The topological polar surface area (TPSA) is 59.0 Å². The molecule has 0 unspecified atom stereocenters. The third-order valence-electron chi connectivity index (χ3n) is 4.43. The Bertz CT molecular complexity index is 926. The molecular formula is C18H12ClFN2O3. The number of nitrogens with zero attached hydrogens (tertiary/aromatic N) is 2. The van der Waals surface area contributed by atoms with Crippen LogP contribution in [0.1, 0.15) is 11.1 Å². The molecule has 2 aliphatic rings. The highest BCUT2D eigenvalue weighted by atomic mass is 35.5. The Morgan fingerprint density at radius 3 is 2.56 bits per heavy atom. The molecule has 0 spiro atoms. The van der Waals surface area contributed by atoms with Gasteiger partial charge in [0.25, 0.3) is 5.91 Å². The minimum atomic E-state index is -1.01. The van der Waals surface area contributed by atoms with Gasteiger partial charge in [-0.05, 0) is 36.8 Å². The normalized spacial score (nSPS) is 22.0. The van der Waals surface area contributed by atoms with Crippen molar-refractivity contribution in [3.8, 4) is 0 Å². The van der Waals surface area contributed by atoms with Crippen LogP contribution in [0.2, 0.25) is 5.02 Å². The number of imide groups is 1. The maximum Gasteiger partial charge on any atom is 0.278 e.